The molecular formula is C9H5Cl2NO. The van der Waals surface area contributed by atoms with Gasteiger partial charge in [0.25, 0.3) is 0 Å². The molecule has 1 rings (SSSR count). The van der Waals surface area contributed by atoms with Gasteiger partial charge in [0.15, 0.2) is 0 Å². The van der Waals surface area contributed by atoms with Crippen molar-refractivity contribution in [1.29, 1.82) is 0 Å². The van der Waals surface area contributed by atoms with Gasteiger partial charge < -0.3 is 0 Å². The first kappa shape index (κ1) is 10.0. The predicted molar refractivity (Wildman–Crippen MR) is 53.4 cm³/mol. The maximum absolute atomic E-state index is 9.82. The lowest BCUT2D eigenvalue weighted by Crippen LogP contribution is -1.71. The molecule has 0 aliphatic carbocycles. The Hall–Kier alpha value is -1.08. The molecule has 0 amide bonds. The van der Waals surface area contributed by atoms with E-state index in [-0.39, 0.29) is 5.16 Å². The van der Waals surface area contributed by atoms with Crippen molar-refractivity contribution in [2.45, 2.75) is 0 Å². The summed E-state index contributed by atoms with van der Waals surface area (Å²) in [6.07, 6.45) is 2.89. The van der Waals surface area contributed by atoms with Crippen LogP contribution in [0.15, 0.2) is 34.4 Å². The zero-order chi connectivity index (χ0) is 9.68. The van der Waals surface area contributed by atoms with E-state index < -0.39 is 0 Å². The minimum absolute atomic E-state index is 0.0947. The predicted octanol–water partition coefficient (Wildman–Crippen LogP) is 3.21. The maximum Gasteiger partial charge on any atom is 0.241 e. The number of nitrogens with zero attached hydrogens (tertiary/aromatic N) is 1. The van der Waals surface area contributed by atoms with Gasteiger partial charge in [-0.3, -0.25) is 0 Å². The Kier molecular flexibility index (Phi) is 3.71. The van der Waals surface area contributed by atoms with E-state index in [1.54, 1.807) is 30.3 Å². The van der Waals surface area contributed by atoms with Crippen LogP contribution in [0.3, 0.4) is 0 Å². The summed E-state index contributed by atoms with van der Waals surface area (Å²) in [5.41, 5.74) is 0.827. The molecule has 0 bridgehead atoms. The summed E-state index contributed by atoms with van der Waals surface area (Å²) >= 11 is 11.2. The van der Waals surface area contributed by atoms with Crippen LogP contribution >= 0.6 is 23.2 Å². The zero-order valence-electron chi connectivity index (χ0n) is 6.50. The van der Waals surface area contributed by atoms with Gasteiger partial charge in [-0.2, -0.15) is 4.99 Å². The van der Waals surface area contributed by atoms with Gasteiger partial charge in [-0.05, 0) is 23.8 Å². The third kappa shape index (κ3) is 3.43. The topological polar surface area (TPSA) is 29.4 Å². The Balaban J connectivity index is 2.91. The summed E-state index contributed by atoms with van der Waals surface area (Å²) in [5, 5.41) is 0.740. The standard InChI is InChI=1S/C9H5Cl2NO/c10-8-3-1-7(2-4-8)5-9(11)12-6-13/h1-5H/b9-5-. The van der Waals surface area contributed by atoms with Gasteiger partial charge in [0.2, 0.25) is 6.08 Å². The van der Waals surface area contributed by atoms with Crippen LogP contribution in [0, 0.1) is 0 Å². The van der Waals surface area contributed by atoms with Crippen LogP contribution in [0.25, 0.3) is 6.08 Å². The van der Waals surface area contributed by atoms with E-state index in [0.29, 0.717) is 5.02 Å². The lowest BCUT2D eigenvalue weighted by Gasteiger charge is -1.92. The second-order valence-corrected chi connectivity index (χ2v) is 3.05. The largest absolute Gasteiger partial charge is 0.241 e. The number of aliphatic imine (C=N–C) groups is 1. The Labute approximate surface area is 85.5 Å². The third-order valence-electron chi connectivity index (χ3n) is 1.31. The van der Waals surface area contributed by atoms with Crippen molar-refractivity contribution in [3.63, 3.8) is 0 Å². The van der Waals surface area contributed by atoms with E-state index in [9.17, 15) is 4.79 Å². The van der Waals surface area contributed by atoms with E-state index in [1.165, 1.54) is 6.08 Å². The number of benzene rings is 1. The van der Waals surface area contributed by atoms with Gasteiger partial charge in [-0.1, -0.05) is 35.3 Å². The van der Waals surface area contributed by atoms with Crippen LogP contribution < -0.4 is 0 Å². The number of isocyanates is 1. The average Bonchev–Trinajstić information content (AvgIpc) is 2.09. The molecule has 1 aromatic rings. The van der Waals surface area contributed by atoms with Crippen molar-refractivity contribution in [3.8, 4) is 0 Å². The average molecular weight is 214 g/mol. The summed E-state index contributed by atoms with van der Waals surface area (Å²) in [6.45, 7) is 0. The van der Waals surface area contributed by atoms with Gasteiger partial charge >= 0.3 is 0 Å². The molecule has 1 aromatic carbocycles. The number of hydrogen-bond acceptors (Lipinski definition) is 2. The molecular weight excluding hydrogens is 209 g/mol. The Morgan fingerprint density at radius 2 is 2.00 bits per heavy atom. The monoisotopic (exact) mass is 213 g/mol. The minimum Gasteiger partial charge on any atom is -0.211 e. The molecule has 0 aliphatic heterocycles. The van der Waals surface area contributed by atoms with Gasteiger partial charge in [0.1, 0.15) is 5.16 Å². The van der Waals surface area contributed by atoms with Crippen LogP contribution in [0.4, 0.5) is 0 Å². The molecule has 0 N–H and O–H groups in total. The molecule has 0 radical (unpaired) electrons. The van der Waals surface area contributed by atoms with Crippen molar-refractivity contribution < 1.29 is 4.79 Å². The summed E-state index contributed by atoms with van der Waals surface area (Å²) < 4.78 is 0. The zero-order valence-corrected chi connectivity index (χ0v) is 8.01. The van der Waals surface area contributed by atoms with Crippen molar-refractivity contribution >= 4 is 35.4 Å². The number of rotatable bonds is 2. The molecule has 0 saturated heterocycles. The molecule has 0 aromatic heterocycles. The highest BCUT2D eigenvalue weighted by molar-refractivity contribution is 6.31. The molecule has 0 aliphatic rings. The highest BCUT2D eigenvalue weighted by Crippen LogP contribution is 2.14. The molecule has 4 heteroatoms. The Morgan fingerprint density at radius 1 is 1.38 bits per heavy atom. The fourth-order valence-electron chi connectivity index (χ4n) is 0.772. The number of halogens is 2. The quantitative estimate of drug-likeness (QED) is 0.422. The fraction of sp³-hybridized carbons (Fsp3) is 0. The summed E-state index contributed by atoms with van der Waals surface area (Å²) in [6, 6.07) is 6.99. The first-order chi connectivity index (χ1) is 6.22. The second-order valence-electron chi connectivity index (χ2n) is 2.22. The van der Waals surface area contributed by atoms with Gasteiger partial charge in [-0.15, -0.1) is 0 Å². The van der Waals surface area contributed by atoms with E-state index in [2.05, 4.69) is 4.99 Å². The van der Waals surface area contributed by atoms with E-state index in [0.717, 1.165) is 5.56 Å². The van der Waals surface area contributed by atoms with Gasteiger partial charge in [0, 0.05) is 5.02 Å². The maximum atomic E-state index is 9.82. The molecule has 0 saturated carbocycles. The number of carbonyl (C=O) groups excluding carboxylic acids is 1. The fourth-order valence-corrected chi connectivity index (χ4v) is 1.06. The molecule has 0 atom stereocenters. The molecule has 66 valence electrons. The van der Waals surface area contributed by atoms with Crippen molar-refractivity contribution in [1.82, 2.24) is 0 Å². The molecule has 0 spiro atoms. The molecule has 2 nitrogen and oxygen atoms in total. The van der Waals surface area contributed by atoms with Gasteiger partial charge in [-0.25, -0.2) is 4.79 Å². The first-order valence-electron chi connectivity index (χ1n) is 3.43. The van der Waals surface area contributed by atoms with Crippen LogP contribution in [-0.4, -0.2) is 6.08 Å². The van der Waals surface area contributed by atoms with Crippen LogP contribution in [0.2, 0.25) is 5.02 Å². The van der Waals surface area contributed by atoms with Crippen LogP contribution in [-0.2, 0) is 4.79 Å². The normalized spacial score (nSPS) is 10.8. The lowest BCUT2D eigenvalue weighted by atomic mass is 10.2. The summed E-state index contributed by atoms with van der Waals surface area (Å²) in [5.74, 6) is 0. The summed E-state index contributed by atoms with van der Waals surface area (Å²) in [4.78, 5) is 13.1. The van der Waals surface area contributed by atoms with Crippen LogP contribution in [0.1, 0.15) is 5.56 Å². The highest BCUT2D eigenvalue weighted by Gasteiger charge is 1.91. The smallest absolute Gasteiger partial charge is 0.211 e. The first-order valence-corrected chi connectivity index (χ1v) is 4.18. The minimum atomic E-state index is 0.0947. The van der Waals surface area contributed by atoms with Crippen molar-refractivity contribution in [2.75, 3.05) is 0 Å². The second kappa shape index (κ2) is 4.83. The molecule has 0 unspecified atom stereocenters. The lowest BCUT2D eigenvalue weighted by molar-refractivity contribution is 0.565. The van der Waals surface area contributed by atoms with E-state index in [4.69, 9.17) is 23.2 Å². The van der Waals surface area contributed by atoms with Crippen molar-refractivity contribution in [2.24, 2.45) is 4.99 Å². The van der Waals surface area contributed by atoms with Gasteiger partial charge in [0.05, 0.1) is 0 Å². The van der Waals surface area contributed by atoms with E-state index in [1.807, 2.05) is 0 Å². The third-order valence-corrected chi connectivity index (χ3v) is 1.75. The molecule has 13 heavy (non-hydrogen) atoms. The van der Waals surface area contributed by atoms with Crippen molar-refractivity contribution in [3.05, 3.63) is 40.0 Å². The molecule has 0 fully saturated rings. The Bertz CT molecular complexity index is 364. The highest BCUT2D eigenvalue weighted by atomic mass is 35.5. The molecule has 0 heterocycles. The SMILES string of the molecule is O=C=N/C(Cl)=C\c1ccc(Cl)cc1. The van der Waals surface area contributed by atoms with Crippen LogP contribution in [0.5, 0.6) is 0 Å². The Morgan fingerprint density at radius 3 is 2.54 bits per heavy atom. The summed E-state index contributed by atoms with van der Waals surface area (Å²) in [7, 11) is 0. The van der Waals surface area contributed by atoms with E-state index >= 15 is 0 Å². The number of hydrogen-bond donors (Lipinski definition) is 0.